The number of rotatable bonds is 6. The van der Waals surface area contributed by atoms with Gasteiger partial charge in [-0.25, -0.2) is 0 Å². The molecule has 1 atom stereocenters. The van der Waals surface area contributed by atoms with E-state index in [0.717, 1.165) is 24.4 Å². The zero-order chi connectivity index (χ0) is 14.5. The van der Waals surface area contributed by atoms with E-state index < -0.39 is 0 Å². The lowest BCUT2D eigenvalue weighted by atomic mass is 10.1. The molecule has 2 aromatic rings. The molecule has 5 nitrogen and oxygen atoms in total. The molecule has 0 saturated heterocycles. The van der Waals surface area contributed by atoms with E-state index in [2.05, 4.69) is 22.5 Å². The van der Waals surface area contributed by atoms with Gasteiger partial charge in [0.05, 0.1) is 24.0 Å². The number of aliphatic hydroxyl groups is 1. The van der Waals surface area contributed by atoms with E-state index in [1.165, 1.54) is 5.56 Å². The highest BCUT2D eigenvalue weighted by atomic mass is 16.3. The summed E-state index contributed by atoms with van der Waals surface area (Å²) in [6.45, 7) is 2.07. The molecule has 0 bridgehead atoms. The van der Waals surface area contributed by atoms with Crippen molar-refractivity contribution in [2.45, 2.75) is 25.8 Å². The number of benzene rings is 1. The van der Waals surface area contributed by atoms with Crippen LogP contribution in [0.5, 0.6) is 0 Å². The van der Waals surface area contributed by atoms with Crippen LogP contribution in [0, 0.1) is 0 Å². The number of hydrogen-bond acceptors (Lipinski definition) is 4. The zero-order valence-electron chi connectivity index (χ0n) is 12.0. The number of anilines is 2. The molecule has 5 heteroatoms. The zero-order valence-corrected chi connectivity index (χ0v) is 12.0. The number of aromatic nitrogens is 2. The third-order valence-corrected chi connectivity index (χ3v) is 3.38. The highest BCUT2D eigenvalue weighted by Crippen LogP contribution is 2.23. The summed E-state index contributed by atoms with van der Waals surface area (Å²) >= 11 is 0. The molecule has 0 fully saturated rings. The highest BCUT2D eigenvalue weighted by Gasteiger charge is 2.16. The van der Waals surface area contributed by atoms with Crippen LogP contribution in [0.1, 0.15) is 18.2 Å². The van der Waals surface area contributed by atoms with Gasteiger partial charge in [-0.15, -0.1) is 0 Å². The van der Waals surface area contributed by atoms with Gasteiger partial charge in [0, 0.05) is 7.05 Å². The monoisotopic (exact) mass is 274 g/mol. The smallest absolute Gasteiger partial charge is 0.148 e. The van der Waals surface area contributed by atoms with Crippen molar-refractivity contribution in [2.24, 2.45) is 7.05 Å². The summed E-state index contributed by atoms with van der Waals surface area (Å²) in [5.41, 5.74) is 8.81. The van der Waals surface area contributed by atoms with Crippen molar-refractivity contribution in [1.82, 2.24) is 9.78 Å². The minimum absolute atomic E-state index is 0.0426. The Hall–Kier alpha value is -2.01. The highest BCUT2D eigenvalue weighted by molar-refractivity contribution is 5.65. The first-order valence-electron chi connectivity index (χ1n) is 6.88. The average molecular weight is 274 g/mol. The lowest BCUT2D eigenvalue weighted by Gasteiger charge is -2.18. The summed E-state index contributed by atoms with van der Waals surface area (Å²) in [4.78, 5) is 0. The van der Waals surface area contributed by atoms with Crippen LogP contribution < -0.4 is 11.1 Å². The molecule has 0 aliphatic carbocycles. The Bertz CT molecular complexity index is 551. The van der Waals surface area contributed by atoms with E-state index in [9.17, 15) is 5.11 Å². The van der Waals surface area contributed by atoms with Crippen LogP contribution in [0.3, 0.4) is 0 Å². The Morgan fingerprint density at radius 3 is 2.60 bits per heavy atom. The lowest BCUT2D eigenvalue weighted by Crippen LogP contribution is -2.28. The van der Waals surface area contributed by atoms with Crippen molar-refractivity contribution in [3.05, 3.63) is 41.6 Å². The maximum atomic E-state index is 9.56. The normalized spacial score (nSPS) is 12.3. The Balaban J connectivity index is 2.12. The van der Waals surface area contributed by atoms with Gasteiger partial charge in [-0.05, 0) is 18.4 Å². The van der Waals surface area contributed by atoms with Gasteiger partial charge in [0.1, 0.15) is 5.82 Å². The molecule has 0 aliphatic rings. The molecule has 0 spiro atoms. The van der Waals surface area contributed by atoms with Crippen LogP contribution in [0.25, 0.3) is 0 Å². The molecule has 1 heterocycles. The Labute approximate surface area is 119 Å². The molecule has 0 saturated carbocycles. The van der Waals surface area contributed by atoms with Gasteiger partial charge in [0.25, 0.3) is 0 Å². The summed E-state index contributed by atoms with van der Waals surface area (Å²) in [6.07, 6.45) is 1.53. The first-order chi connectivity index (χ1) is 9.65. The molecule has 1 unspecified atom stereocenters. The lowest BCUT2D eigenvalue weighted by molar-refractivity contribution is 0.273. The van der Waals surface area contributed by atoms with Crippen molar-refractivity contribution in [1.29, 1.82) is 0 Å². The van der Waals surface area contributed by atoms with Crippen LogP contribution in [-0.4, -0.2) is 27.5 Å². The maximum absolute atomic E-state index is 9.56. The van der Waals surface area contributed by atoms with Crippen molar-refractivity contribution in [2.75, 3.05) is 17.7 Å². The second-order valence-corrected chi connectivity index (χ2v) is 4.90. The van der Waals surface area contributed by atoms with Crippen LogP contribution >= 0.6 is 0 Å². The number of aryl methyl sites for hydroxylation is 2. The molecule has 1 aromatic heterocycles. The molecule has 0 radical (unpaired) electrons. The summed E-state index contributed by atoms with van der Waals surface area (Å²) in [7, 11) is 1.86. The molecular formula is C15H22N4O. The summed E-state index contributed by atoms with van der Waals surface area (Å²) in [6, 6.07) is 9.99. The number of nitrogens with two attached hydrogens (primary N) is 1. The predicted molar refractivity (Wildman–Crippen MR) is 81.6 cm³/mol. The Morgan fingerprint density at radius 1 is 1.35 bits per heavy atom. The SMILES string of the molecule is CCc1nn(C)c(NC(CO)Cc2ccccc2)c1N. The van der Waals surface area contributed by atoms with Crippen molar-refractivity contribution < 1.29 is 5.11 Å². The number of hydrogen-bond donors (Lipinski definition) is 3. The fraction of sp³-hybridized carbons (Fsp3) is 0.400. The minimum atomic E-state index is -0.0835. The number of nitrogens with one attached hydrogen (secondary N) is 1. The molecular weight excluding hydrogens is 252 g/mol. The predicted octanol–water partition coefficient (Wildman–Crippen LogP) is 1.58. The minimum Gasteiger partial charge on any atom is -0.394 e. The molecule has 0 aliphatic heterocycles. The van der Waals surface area contributed by atoms with Crippen molar-refractivity contribution in [3.63, 3.8) is 0 Å². The number of aliphatic hydroxyl groups excluding tert-OH is 1. The summed E-state index contributed by atoms with van der Waals surface area (Å²) < 4.78 is 1.74. The number of nitrogens with zero attached hydrogens (tertiary/aromatic N) is 2. The van der Waals surface area contributed by atoms with Gasteiger partial charge in [-0.1, -0.05) is 37.3 Å². The number of nitrogen functional groups attached to an aromatic ring is 1. The molecule has 108 valence electrons. The van der Waals surface area contributed by atoms with Crippen LogP contribution in [0.4, 0.5) is 11.5 Å². The van der Waals surface area contributed by atoms with Gasteiger partial charge in [-0.2, -0.15) is 5.10 Å². The second kappa shape index (κ2) is 6.43. The molecule has 1 aromatic carbocycles. The largest absolute Gasteiger partial charge is 0.394 e. The molecule has 2 rings (SSSR count). The van der Waals surface area contributed by atoms with E-state index in [-0.39, 0.29) is 12.6 Å². The fourth-order valence-corrected chi connectivity index (χ4v) is 2.28. The van der Waals surface area contributed by atoms with Gasteiger partial charge >= 0.3 is 0 Å². The topological polar surface area (TPSA) is 76.1 Å². The van der Waals surface area contributed by atoms with Gasteiger partial charge in [-0.3, -0.25) is 4.68 Å². The molecule has 4 N–H and O–H groups in total. The van der Waals surface area contributed by atoms with E-state index in [4.69, 9.17) is 5.73 Å². The third-order valence-electron chi connectivity index (χ3n) is 3.38. The van der Waals surface area contributed by atoms with Crippen LogP contribution in [0.2, 0.25) is 0 Å². The van der Waals surface area contributed by atoms with Crippen molar-refractivity contribution in [3.8, 4) is 0 Å². The summed E-state index contributed by atoms with van der Waals surface area (Å²) in [5.74, 6) is 0.775. The maximum Gasteiger partial charge on any atom is 0.148 e. The van der Waals surface area contributed by atoms with E-state index >= 15 is 0 Å². The second-order valence-electron chi connectivity index (χ2n) is 4.90. The van der Waals surface area contributed by atoms with E-state index in [1.807, 2.05) is 32.2 Å². The first-order valence-corrected chi connectivity index (χ1v) is 6.88. The van der Waals surface area contributed by atoms with Crippen LogP contribution in [-0.2, 0) is 19.9 Å². The average Bonchev–Trinajstić information content (AvgIpc) is 2.74. The van der Waals surface area contributed by atoms with Crippen LogP contribution in [0.15, 0.2) is 30.3 Å². The summed E-state index contributed by atoms with van der Waals surface area (Å²) in [5, 5.41) is 17.2. The van der Waals surface area contributed by atoms with E-state index in [0.29, 0.717) is 5.69 Å². The molecule has 20 heavy (non-hydrogen) atoms. The van der Waals surface area contributed by atoms with Gasteiger partial charge in [0.2, 0.25) is 0 Å². The van der Waals surface area contributed by atoms with Gasteiger partial charge < -0.3 is 16.2 Å². The van der Waals surface area contributed by atoms with Crippen molar-refractivity contribution >= 4 is 11.5 Å². The standard InChI is InChI=1S/C15H22N4O/c1-3-13-14(16)15(19(2)18-13)17-12(10-20)9-11-7-5-4-6-8-11/h4-8,12,17,20H,3,9-10,16H2,1-2H3. The van der Waals surface area contributed by atoms with Gasteiger partial charge in [0.15, 0.2) is 0 Å². The molecule has 0 amide bonds. The third kappa shape index (κ3) is 3.11. The Morgan fingerprint density at radius 2 is 2.05 bits per heavy atom. The Kier molecular flexibility index (Phi) is 4.63. The first kappa shape index (κ1) is 14.4. The van der Waals surface area contributed by atoms with E-state index in [1.54, 1.807) is 4.68 Å². The quantitative estimate of drug-likeness (QED) is 0.747. The fourth-order valence-electron chi connectivity index (χ4n) is 2.28.